The Morgan fingerprint density at radius 1 is 0.950 bits per heavy atom. The average Bonchev–Trinajstić information content (AvgIpc) is 2.43. The van der Waals surface area contributed by atoms with Gasteiger partial charge in [0.15, 0.2) is 0 Å². The van der Waals surface area contributed by atoms with Gasteiger partial charge in [0.25, 0.3) is 0 Å². The van der Waals surface area contributed by atoms with Crippen LogP contribution in [0, 0.1) is 0 Å². The van der Waals surface area contributed by atoms with Crippen LogP contribution in [0.15, 0.2) is 46.9 Å². The van der Waals surface area contributed by atoms with E-state index >= 15 is 0 Å². The number of fused-ring (bicyclic) bond motifs is 1. The Balaban J connectivity index is 2.39. The first kappa shape index (κ1) is 14.2. The topological polar surface area (TPSA) is 12.9 Å². The molecule has 0 radical (unpaired) electrons. The number of hydrogen-bond donors (Lipinski definition) is 0. The highest BCUT2D eigenvalue weighted by atomic mass is 79.9. The predicted molar refractivity (Wildman–Crippen MR) is 89.9 cm³/mol. The normalized spacial score (nSPS) is 11.0. The van der Waals surface area contributed by atoms with E-state index in [1.165, 1.54) is 0 Å². The molecule has 0 bridgehead atoms. The van der Waals surface area contributed by atoms with Crippen molar-refractivity contribution in [3.05, 3.63) is 62.0 Å². The van der Waals surface area contributed by atoms with Crippen LogP contribution in [0.25, 0.3) is 22.2 Å². The molecule has 0 atom stereocenters. The number of rotatable bonds is 1. The van der Waals surface area contributed by atoms with Crippen molar-refractivity contribution in [3.8, 4) is 11.3 Å². The molecule has 0 aliphatic carbocycles. The Hall–Kier alpha value is -0.800. The van der Waals surface area contributed by atoms with E-state index in [1.54, 1.807) is 12.1 Å². The molecule has 3 aromatic rings. The molecule has 1 aromatic heterocycles. The third kappa shape index (κ3) is 2.42. The second-order valence-electron chi connectivity index (χ2n) is 4.24. The quantitative estimate of drug-likeness (QED) is 0.457. The van der Waals surface area contributed by atoms with Crippen LogP contribution < -0.4 is 0 Å². The molecular formula is C15H7BrCl3N. The molecule has 1 heterocycles. The van der Waals surface area contributed by atoms with E-state index in [9.17, 15) is 0 Å². The number of benzene rings is 2. The van der Waals surface area contributed by atoms with Crippen molar-refractivity contribution in [1.29, 1.82) is 0 Å². The van der Waals surface area contributed by atoms with E-state index in [0.717, 1.165) is 15.7 Å². The molecule has 2 aromatic carbocycles. The van der Waals surface area contributed by atoms with E-state index in [0.29, 0.717) is 26.0 Å². The summed E-state index contributed by atoms with van der Waals surface area (Å²) in [4.78, 5) is 4.63. The second-order valence-corrected chi connectivity index (χ2v) is 6.25. The van der Waals surface area contributed by atoms with Crippen LogP contribution in [0.4, 0.5) is 0 Å². The van der Waals surface area contributed by atoms with Crippen molar-refractivity contribution in [2.45, 2.75) is 0 Å². The van der Waals surface area contributed by atoms with Gasteiger partial charge < -0.3 is 0 Å². The van der Waals surface area contributed by atoms with Crippen LogP contribution in [0.5, 0.6) is 0 Å². The number of nitrogens with zero attached hydrogens (tertiary/aromatic N) is 1. The molecule has 1 nitrogen and oxygen atoms in total. The smallest absolute Gasteiger partial charge is 0.0866 e. The summed E-state index contributed by atoms with van der Waals surface area (Å²) < 4.78 is 0.724. The lowest BCUT2D eigenvalue weighted by Gasteiger charge is -2.10. The Morgan fingerprint density at radius 3 is 2.35 bits per heavy atom. The molecule has 0 spiro atoms. The first-order chi connectivity index (χ1) is 9.58. The monoisotopic (exact) mass is 385 g/mol. The van der Waals surface area contributed by atoms with Crippen LogP contribution in [0.1, 0.15) is 0 Å². The first-order valence-corrected chi connectivity index (χ1v) is 7.70. The highest BCUT2D eigenvalue weighted by Crippen LogP contribution is 2.41. The molecule has 0 amide bonds. The maximum absolute atomic E-state index is 6.42. The van der Waals surface area contributed by atoms with Crippen molar-refractivity contribution in [3.63, 3.8) is 0 Å². The van der Waals surface area contributed by atoms with Gasteiger partial charge >= 0.3 is 0 Å². The molecular weight excluding hydrogens is 380 g/mol. The summed E-state index contributed by atoms with van der Waals surface area (Å²) in [6.07, 6.45) is 0. The fourth-order valence-corrected chi connectivity index (χ4v) is 3.47. The van der Waals surface area contributed by atoms with Crippen molar-refractivity contribution in [2.75, 3.05) is 0 Å². The minimum absolute atomic E-state index is 0.491. The van der Waals surface area contributed by atoms with Gasteiger partial charge in [-0.25, -0.2) is 4.98 Å². The minimum Gasteiger partial charge on any atom is -0.246 e. The molecule has 0 aliphatic rings. The lowest BCUT2D eigenvalue weighted by molar-refractivity contribution is 1.38. The van der Waals surface area contributed by atoms with Crippen molar-refractivity contribution in [2.24, 2.45) is 0 Å². The standard InChI is InChI=1S/C15H7BrCl3N/c16-13-14(19)12-10(18)6-9(17)7-11(12)20-15(13)8-4-2-1-3-5-8/h1-7H. The lowest BCUT2D eigenvalue weighted by atomic mass is 10.1. The molecule has 5 heteroatoms. The van der Waals surface area contributed by atoms with E-state index in [2.05, 4.69) is 20.9 Å². The summed E-state index contributed by atoms with van der Waals surface area (Å²) in [6.45, 7) is 0. The summed E-state index contributed by atoms with van der Waals surface area (Å²) in [5.74, 6) is 0. The van der Waals surface area contributed by atoms with Crippen molar-refractivity contribution < 1.29 is 0 Å². The van der Waals surface area contributed by atoms with Gasteiger partial charge in [-0.2, -0.15) is 0 Å². The fraction of sp³-hybridized carbons (Fsp3) is 0. The zero-order chi connectivity index (χ0) is 14.3. The van der Waals surface area contributed by atoms with E-state index in [-0.39, 0.29) is 0 Å². The van der Waals surface area contributed by atoms with Gasteiger partial charge in [-0.05, 0) is 28.1 Å². The maximum Gasteiger partial charge on any atom is 0.0866 e. The predicted octanol–water partition coefficient (Wildman–Crippen LogP) is 6.62. The Labute approximate surface area is 139 Å². The zero-order valence-corrected chi connectivity index (χ0v) is 13.9. The van der Waals surface area contributed by atoms with Crippen LogP contribution in [-0.4, -0.2) is 4.98 Å². The van der Waals surface area contributed by atoms with Crippen molar-refractivity contribution >= 4 is 61.6 Å². The minimum atomic E-state index is 0.491. The third-order valence-electron chi connectivity index (χ3n) is 2.93. The molecule has 0 fully saturated rings. The first-order valence-electron chi connectivity index (χ1n) is 5.77. The Kier molecular flexibility index (Phi) is 3.91. The summed E-state index contributed by atoms with van der Waals surface area (Å²) >= 11 is 22.2. The van der Waals surface area contributed by atoms with Crippen LogP contribution in [0.3, 0.4) is 0 Å². The maximum atomic E-state index is 6.42. The van der Waals surface area contributed by atoms with Crippen LogP contribution in [0.2, 0.25) is 15.1 Å². The number of hydrogen-bond acceptors (Lipinski definition) is 1. The van der Waals surface area contributed by atoms with E-state index in [4.69, 9.17) is 34.8 Å². The van der Waals surface area contributed by atoms with E-state index in [1.807, 2.05) is 30.3 Å². The molecule has 100 valence electrons. The summed E-state index contributed by atoms with van der Waals surface area (Å²) in [5.41, 5.74) is 2.41. The Bertz CT molecular complexity index is 803. The summed E-state index contributed by atoms with van der Waals surface area (Å²) in [7, 11) is 0. The summed E-state index contributed by atoms with van der Waals surface area (Å²) in [6, 6.07) is 13.2. The highest BCUT2D eigenvalue weighted by Gasteiger charge is 2.15. The van der Waals surface area contributed by atoms with Gasteiger partial charge in [0.2, 0.25) is 0 Å². The summed E-state index contributed by atoms with van der Waals surface area (Å²) in [5, 5.41) is 2.26. The number of halogens is 4. The average molecular weight is 387 g/mol. The number of aromatic nitrogens is 1. The molecule has 0 aliphatic heterocycles. The van der Waals surface area contributed by atoms with Gasteiger partial charge in [-0.1, -0.05) is 65.1 Å². The highest BCUT2D eigenvalue weighted by molar-refractivity contribution is 9.10. The third-order valence-corrected chi connectivity index (χ3v) is 4.83. The molecule has 0 saturated heterocycles. The molecule has 0 saturated carbocycles. The van der Waals surface area contributed by atoms with Gasteiger partial charge in [-0.15, -0.1) is 0 Å². The molecule has 0 unspecified atom stereocenters. The fourth-order valence-electron chi connectivity index (χ4n) is 2.04. The van der Waals surface area contributed by atoms with Gasteiger partial charge in [-0.3, -0.25) is 0 Å². The number of pyridine rings is 1. The van der Waals surface area contributed by atoms with E-state index < -0.39 is 0 Å². The van der Waals surface area contributed by atoms with Crippen LogP contribution in [-0.2, 0) is 0 Å². The molecule has 20 heavy (non-hydrogen) atoms. The largest absolute Gasteiger partial charge is 0.246 e. The van der Waals surface area contributed by atoms with Gasteiger partial charge in [0.1, 0.15) is 0 Å². The lowest BCUT2D eigenvalue weighted by Crippen LogP contribution is -1.90. The van der Waals surface area contributed by atoms with Crippen LogP contribution >= 0.6 is 50.7 Å². The SMILES string of the molecule is Clc1cc(Cl)c2c(Cl)c(Br)c(-c3ccccc3)nc2c1. The molecule has 3 rings (SSSR count). The van der Waals surface area contributed by atoms with Gasteiger partial charge in [0.05, 0.1) is 25.7 Å². The second kappa shape index (κ2) is 5.53. The van der Waals surface area contributed by atoms with Crippen molar-refractivity contribution in [1.82, 2.24) is 4.98 Å². The zero-order valence-electron chi connectivity index (χ0n) is 10.0. The van der Waals surface area contributed by atoms with Gasteiger partial charge in [0, 0.05) is 16.0 Å². The Morgan fingerprint density at radius 2 is 1.65 bits per heavy atom. The molecule has 0 N–H and O–H groups in total.